The molecule has 434 valence electrons. The van der Waals surface area contributed by atoms with Crippen molar-refractivity contribution in [3.05, 3.63) is 85.1 Å². The number of carbonyl (C=O) groups is 2. The monoisotopic (exact) mass is 1070 g/mol. The number of phosphoric acid groups is 1. The number of quaternary nitrogens is 1. The first-order chi connectivity index (χ1) is 36.5. The molecule has 0 N–H and O–H groups in total. The summed E-state index contributed by atoms with van der Waals surface area (Å²) in [6, 6.07) is 0. The molecule has 0 fully saturated rings. The molecule has 0 aliphatic carbocycles. The number of phosphoric ester groups is 1. The maximum absolute atomic E-state index is 12.8. The fourth-order valence-electron chi connectivity index (χ4n) is 8.46. The van der Waals surface area contributed by atoms with Gasteiger partial charge in [-0.25, -0.2) is 0 Å². The van der Waals surface area contributed by atoms with E-state index in [-0.39, 0.29) is 32.0 Å². The van der Waals surface area contributed by atoms with Gasteiger partial charge >= 0.3 is 11.9 Å². The van der Waals surface area contributed by atoms with Crippen LogP contribution in [0.3, 0.4) is 0 Å². The van der Waals surface area contributed by atoms with Crippen molar-refractivity contribution < 1.29 is 42.1 Å². The molecule has 0 aromatic heterocycles. The summed E-state index contributed by atoms with van der Waals surface area (Å²) in [5.41, 5.74) is 0. The lowest BCUT2D eigenvalue weighted by Crippen LogP contribution is -2.37. The number of carbonyl (C=O) groups excluding carboxylic acids is 2. The third-order valence-corrected chi connectivity index (χ3v) is 14.1. The first kappa shape index (κ1) is 72.2. The maximum atomic E-state index is 12.8. The Hall–Kier alpha value is -2.81. The number of hydrogen-bond donors (Lipinski definition) is 0. The normalized spacial score (nSPS) is 13.8. The lowest BCUT2D eigenvalue weighted by atomic mass is 10.0. The third kappa shape index (κ3) is 60.3. The Kier molecular flexibility index (Phi) is 53.8. The zero-order valence-corrected chi connectivity index (χ0v) is 50.1. The van der Waals surface area contributed by atoms with Crippen LogP contribution in [0.15, 0.2) is 85.1 Å². The topological polar surface area (TPSA) is 111 Å². The van der Waals surface area contributed by atoms with Crippen LogP contribution in [0.1, 0.15) is 264 Å². The summed E-state index contributed by atoms with van der Waals surface area (Å²) >= 11 is 0. The van der Waals surface area contributed by atoms with Gasteiger partial charge in [-0.3, -0.25) is 14.2 Å². The van der Waals surface area contributed by atoms with E-state index in [1.165, 1.54) is 141 Å². The molecule has 0 bridgehead atoms. The fraction of sp³-hybridized carbons (Fsp3) is 0.754. The fourth-order valence-corrected chi connectivity index (χ4v) is 9.19. The van der Waals surface area contributed by atoms with Gasteiger partial charge in [0.05, 0.1) is 27.7 Å². The number of hydrogen-bond acceptors (Lipinski definition) is 8. The van der Waals surface area contributed by atoms with E-state index >= 15 is 0 Å². The summed E-state index contributed by atoms with van der Waals surface area (Å²) in [7, 11) is 1.16. The lowest BCUT2D eigenvalue weighted by Gasteiger charge is -2.28. The molecule has 0 saturated carbocycles. The van der Waals surface area contributed by atoms with Crippen molar-refractivity contribution in [1.29, 1.82) is 0 Å². The van der Waals surface area contributed by atoms with Crippen LogP contribution in [-0.2, 0) is 32.7 Å². The van der Waals surface area contributed by atoms with E-state index < -0.39 is 26.5 Å². The van der Waals surface area contributed by atoms with Gasteiger partial charge in [-0.05, 0) is 70.6 Å². The highest BCUT2D eigenvalue weighted by atomic mass is 31.2. The number of ether oxygens (including phenoxy) is 2. The first-order valence-electron chi connectivity index (χ1n) is 30.8. The number of unbranched alkanes of at least 4 members (excludes halogenated alkanes) is 28. The van der Waals surface area contributed by atoms with Crippen LogP contribution in [0.2, 0.25) is 0 Å². The van der Waals surface area contributed by atoms with Gasteiger partial charge < -0.3 is 27.9 Å². The molecule has 0 aromatic rings. The summed E-state index contributed by atoms with van der Waals surface area (Å²) in [4.78, 5) is 37.9. The molecule has 0 heterocycles. The van der Waals surface area contributed by atoms with Crippen LogP contribution >= 0.6 is 7.82 Å². The van der Waals surface area contributed by atoms with Crippen LogP contribution in [0.25, 0.3) is 0 Å². The van der Waals surface area contributed by atoms with Crippen LogP contribution in [0.4, 0.5) is 0 Å². The number of likely N-dealkylation sites (N-methyl/N-ethyl adjacent to an activating group) is 1. The van der Waals surface area contributed by atoms with E-state index in [0.717, 1.165) is 89.9 Å². The molecule has 0 saturated heterocycles. The summed E-state index contributed by atoms with van der Waals surface area (Å²) in [6.07, 6.45) is 74.9. The standard InChI is InChI=1S/C65H116NO8P/c1-6-8-10-12-14-16-18-20-22-24-26-28-30-31-32-33-34-35-36-38-40-42-44-46-48-50-52-54-56-58-65(68)74-63(62-73-75(69,70)72-60-59-66(3,4)5)61-71-64(67)57-55-53-51-49-47-45-43-41-39-37-29-27-25-23-21-19-17-15-13-11-9-7-2/h8,10,14,16,20,22,26,28,31-32,34-35,38,40,63H,6-7,9,11-13,15,17-19,21,23-25,27,29-30,33,36-37,39,41-62H2,1-5H3/b10-8-,16-14-,22-20-,28-26-,32-31-,35-34-,40-38-. The zero-order chi connectivity index (χ0) is 54.9. The predicted octanol–water partition coefficient (Wildman–Crippen LogP) is 18.8. The van der Waals surface area contributed by atoms with Gasteiger partial charge in [-0.2, -0.15) is 0 Å². The molecule has 2 unspecified atom stereocenters. The number of rotatable bonds is 56. The second-order valence-corrected chi connectivity index (χ2v) is 23.1. The Labute approximate surface area is 462 Å². The molecule has 2 atom stereocenters. The van der Waals surface area contributed by atoms with E-state index in [2.05, 4.69) is 98.9 Å². The van der Waals surface area contributed by atoms with E-state index in [0.29, 0.717) is 17.4 Å². The number of allylic oxidation sites excluding steroid dienone is 14. The van der Waals surface area contributed by atoms with E-state index in [1.54, 1.807) is 0 Å². The van der Waals surface area contributed by atoms with Crippen molar-refractivity contribution >= 4 is 19.8 Å². The number of nitrogens with zero attached hydrogens (tertiary/aromatic N) is 1. The molecule has 10 heteroatoms. The van der Waals surface area contributed by atoms with Crippen molar-refractivity contribution in [2.75, 3.05) is 47.5 Å². The largest absolute Gasteiger partial charge is 0.756 e. The highest BCUT2D eigenvalue weighted by molar-refractivity contribution is 7.45. The minimum Gasteiger partial charge on any atom is -0.756 e. The third-order valence-electron chi connectivity index (χ3n) is 13.2. The van der Waals surface area contributed by atoms with Gasteiger partial charge in [0.15, 0.2) is 6.10 Å². The van der Waals surface area contributed by atoms with Crippen LogP contribution < -0.4 is 4.89 Å². The van der Waals surface area contributed by atoms with Crippen LogP contribution in [0.5, 0.6) is 0 Å². The molecule has 0 aromatic carbocycles. The molecule has 75 heavy (non-hydrogen) atoms. The Morgan fingerprint density at radius 3 is 1.13 bits per heavy atom. The van der Waals surface area contributed by atoms with E-state index in [9.17, 15) is 19.0 Å². The molecular weight excluding hydrogens is 954 g/mol. The minimum absolute atomic E-state index is 0.0357. The van der Waals surface area contributed by atoms with Gasteiger partial charge in [-0.15, -0.1) is 0 Å². The summed E-state index contributed by atoms with van der Waals surface area (Å²) in [5, 5.41) is 0. The van der Waals surface area contributed by atoms with Gasteiger partial charge in [-0.1, -0.05) is 266 Å². The van der Waals surface area contributed by atoms with E-state index in [1.807, 2.05) is 21.1 Å². The second-order valence-electron chi connectivity index (χ2n) is 21.7. The van der Waals surface area contributed by atoms with Crippen molar-refractivity contribution in [2.45, 2.75) is 270 Å². The average molecular weight is 1070 g/mol. The molecule has 0 aliphatic heterocycles. The zero-order valence-electron chi connectivity index (χ0n) is 49.2. The molecule has 0 spiro atoms. The molecule has 0 amide bonds. The van der Waals surface area contributed by atoms with Crippen LogP contribution in [-0.4, -0.2) is 70.0 Å². The van der Waals surface area contributed by atoms with Gasteiger partial charge in [0.1, 0.15) is 19.8 Å². The van der Waals surface area contributed by atoms with Crippen molar-refractivity contribution in [2.24, 2.45) is 0 Å². The first-order valence-corrected chi connectivity index (χ1v) is 32.3. The van der Waals surface area contributed by atoms with Crippen LogP contribution in [0, 0.1) is 0 Å². The minimum atomic E-state index is -4.64. The van der Waals surface area contributed by atoms with E-state index in [4.69, 9.17) is 18.5 Å². The summed E-state index contributed by atoms with van der Waals surface area (Å²) in [5.74, 6) is -0.840. The molecule has 0 aliphatic rings. The van der Waals surface area contributed by atoms with Crippen molar-refractivity contribution in [3.63, 3.8) is 0 Å². The average Bonchev–Trinajstić information content (AvgIpc) is 3.37. The molecular formula is C65H116NO8P. The highest BCUT2D eigenvalue weighted by Crippen LogP contribution is 2.38. The highest BCUT2D eigenvalue weighted by Gasteiger charge is 2.22. The van der Waals surface area contributed by atoms with Crippen molar-refractivity contribution in [1.82, 2.24) is 0 Å². The smallest absolute Gasteiger partial charge is 0.306 e. The molecule has 0 radical (unpaired) electrons. The Bertz CT molecular complexity index is 1540. The maximum Gasteiger partial charge on any atom is 0.306 e. The lowest BCUT2D eigenvalue weighted by molar-refractivity contribution is -0.870. The second kappa shape index (κ2) is 55.9. The molecule has 0 rings (SSSR count). The Morgan fingerprint density at radius 1 is 0.427 bits per heavy atom. The van der Waals surface area contributed by atoms with Gasteiger partial charge in [0.25, 0.3) is 7.82 Å². The summed E-state index contributed by atoms with van der Waals surface area (Å²) in [6.45, 7) is 4.14. The Balaban J connectivity index is 4.18. The SMILES string of the molecule is CC/C=C\C/C=C\C/C=C\C/C=C\C/C=C\C/C=C\C/C=C\CCCCCCCCCC(=O)OC(COC(=O)CCCCCCCCCCCCCCCCCCCCCCCC)COP(=O)([O-])OCC[N+](C)(C)C. The number of esters is 2. The van der Waals surface area contributed by atoms with Crippen molar-refractivity contribution in [3.8, 4) is 0 Å². The molecule has 9 nitrogen and oxygen atoms in total. The predicted molar refractivity (Wildman–Crippen MR) is 319 cm³/mol. The quantitative estimate of drug-likeness (QED) is 0.0195. The summed E-state index contributed by atoms with van der Waals surface area (Å²) < 4.78 is 34.2. The van der Waals surface area contributed by atoms with Gasteiger partial charge in [0, 0.05) is 12.8 Å². The van der Waals surface area contributed by atoms with Gasteiger partial charge in [0.2, 0.25) is 0 Å². The Morgan fingerprint density at radius 2 is 0.760 bits per heavy atom.